The lowest BCUT2D eigenvalue weighted by molar-refractivity contribution is -0.135. The van der Waals surface area contributed by atoms with Gasteiger partial charge in [0.1, 0.15) is 6.61 Å². The van der Waals surface area contributed by atoms with Gasteiger partial charge in [0.15, 0.2) is 0 Å². The van der Waals surface area contributed by atoms with Gasteiger partial charge in [-0.1, -0.05) is 30.3 Å². The maximum absolute atomic E-state index is 13.8. The average Bonchev–Trinajstić information content (AvgIpc) is 3.23. The number of aromatic amines is 1. The van der Waals surface area contributed by atoms with Crippen molar-refractivity contribution in [3.8, 4) is 17.1 Å². The predicted molar refractivity (Wildman–Crippen MR) is 164 cm³/mol. The van der Waals surface area contributed by atoms with Gasteiger partial charge in [-0.2, -0.15) is 0 Å². The van der Waals surface area contributed by atoms with Gasteiger partial charge >= 0.3 is 0 Å². The number of benzene rings is 2. The van der Waals surface area contributed by atoms with E-state index in [0.29, 0.717) is 48.6 Å². The van der Waals surface area contributed by atoms with Crippen LogP contribution in [0.1, 0.15) is 69.2 Å². The van der Waals surface area contributed by atoms with Gasteiger partial charge in [-0.25, -0.2) is 0 Å². The minimum absolute atomic E-state index is 0.117. The van der Waals surface area contributed by atoms with Crippen molar-refractivity contribution < 1.29 is 24.3 Å². The maximum atomic E-state index is 13.8. The van der Waals surface area contributed by atoms with E-state index in [-0.39, 0.29) is 18.9 Å². The van der Waals surface area contributed by atoms with Crippen LogP contribution in [0.4, 0.5) is 0 Å². The molecule has 224 valence electrons. The summed E-state index contributed by atoms with van der Waals surface area (Å²) in [5.74, 6) is 0.341. The zero-order valence-electron chi connectivity index (χ0n) is 25.3. The van der Waals surface area contributed by atoms with Crippen molar-refractivity contribution >= 4 is 17.9 Å². The van der Waals surface area contributed by atoms with Crippen molar-refractivity contribution in [2.24, 2.45) is 0 Å². The summed E-state index contributed by atoms with van der Waals surface area (Å²) in [5.41, 5.74) is 4.00. The number of ether oxygens (including phenoxy) is 1. The maximum Gasteiger partial charge on any atom is 0.236 e. The Labute approximate surface area is 248 Å². The molecule has 2 aromatic carbocycles. The molecule has 0 radical (unpaired) electrons. The molecule has 1 amide bonds. The Morgan fingerprint density at radius 2 is 1.71 bits per heavy atom. The molecule has 1 aromatic heterocycles. The van der Waals surface area contributed by atoms with Gasteiger partial charge in [0.05, 0.1) is 29.4 Å². The first kappa shape index (κ1) is 32.7. The molecule has 0 aliphatic carbocycles. The third-order valence-electron chi connectivity index (χ3n) is 7.15. The lowest BCUT2D eigenvalue weighted by Crippen LogP contribution is -2.48. The molecule has 1 atom stereocenters. The molecule has 0 spiro atoms. The van der Waals surface area contributed by atoms with E-state index >= 15 is 0 Å². The van der Waals surface area contributed by atoms with E-state index in [9.17, 15) is 19.6 Å². The lowest BCUT2D eigenvalue weighted by atomic mass is 9.96. The highest BCUT2D eigenvalue weighted by Gasteiger charge is 2.31. The SMILES string of the molecule is Cc1cccc(C)c1-c1[nH]nc(OC[C@@H](CC(C)(C)O)N(CCCC(C)(C)O)C(=O)Cc2cccc(SO)c2)c1C. The lowest BCUT2D eigenvalue weighted by Gasteiger charge is -2.35. The number of aromatic nitrogens is 2. The number of aliphatic hydroxyl groups is 2. The second-order valence-corrected chi connectivity index (χ2v) is 12.8. The van der Waals surface area contributed by atoms with Crippen molar-refractivity contribution in [2.45, 2.75) is 96.3 Å². The standard InChI is InChI=1S/C32H45N3O5S/c1-21-11-8-12-22(2)28(21)29-23(3)30(34-33-29)40-20-25(19-32(6,7)38)35(16-10-15-31(4,5)37)27(36)18-24-13-9-14-26(17-24)41-39/h8-9,11-14,17,25,37-39H,10,15-16,18-20H2,1-7H3,(H,33,34)/t25-/m1/s1. The zero-order valence-corrected chi connectivity index (χ0v) is 26.1. The van der Waals surface area contributed by atoms with Gasteiger partial charge < -0.3 is 24.4 Å². The van der Waals surface area contributed by atoms with E-state index in [1.807, 2.05) is 25.1 Å². The molecule has 1 heterocycles. The number of nitrogens with one attached hydrogen (secondary N) is 1. The predicted octanol–water partition coefficient (Wildman–Crippen LogP) is 6.10. The van der Waals surface area contributed by atoms with E-state index in [0.717, 1.165) is 33.5 Å². The van der Waals surface area contributed by atoms with Gasteiger partial charge in [-0.3, -0.25) is 9.89 Å². The topological polar surface area (TPSA) is 119 Å². The van der Waals surface area contributed by atoms with Crippen LogP contribution in [0.5, 0.6) is 5.88 Å². The number of nitrogens with zero attached hydrogens (tertiary/aromatic N) is 2. The van der Waals surface area contributed by atoms with Crippen LogP contribution in [0.3, 0.4) is 0 Å². The Hall–Kier alpha value is -2.85. The summed E-state index contributed by atoms with van der Waals surface area (Å²) in [7, 11) is 0. The molecular formula is C32H45N3O5S. The summed E-state index contributed by atoms with van der Waals surface area (Å²) in [6.07, 6.45) is 1.53. The summed E-state index contributed by atoms with van der Waals surface area (Å²) in [6.45, 7) is 13.6. The van der Waals surface area contributed by atoms with Crippen molar-refractivity contribution in [3.05, 3.63) is 64.7 Å². The van der Waals surface area contributed by atoms with E-state index in [1.54, 1.807) is 44.7 Å². The first-order valence-corrected chi connectivity index (χ1v) is 14.8. The van der Waals surface area contributed by atoms with Gasteiger partial charge in [0, 0.05) is 34.6 Å². The molecular weight excluding hydrogens is 538 g/mol. The summed E-state index contributed by atoms with van der Waals surface area (Å²) in [6, 6.07) is 13.0. The van der Waals surface area contributed by atoms with Crippen LogP contribution >= 0.6 is 12.0 Å². The van der Waals surface area contributed by atoms with Crippen molar-refractivity contribution in [1.82, 2.24) is 15.1 Å². The first-order chi connectivity index (χ1) is 19.2. The normalized spacial score (nSPS) is 12.8. The van der Waals surface area contributed by atoms with E-state index in [4.69, 9.17) is 4.74 Å². The fourth-order valence-corrected chi connectivity index (χ4v) is 5.51. The van der Waals surface area contributed by atoms with Gasteiger partial charge in [0.2, 0.25) is 11.8 Å². The van der Waals surface area contributed by atoms with E-state index < -0.39 is 17.2 Å². The molecule has 0 aliphatic heterocycles. The van der Waals surface area contributed by atoms with Crippen LogP contribution in [-0.2, 0) is 11.2 Å². The molecule has 3 aromatic rings. The smallest absolute Gasteiger partial charge is 0.236 e. The number of carbonyl (C=O) groups excluding carboxylic acids is 1. The fraction of sp³-hybridized carbons (Fsp3) is 0.500. The summed E-state index contributed by atoms with van der Waals surface area (Å²) < 4.78 is 15.7. The highest BCUT2D eigenvalue weighted by Crippen LogP contribution is 2.32. The fourth-order valence-electron chi connectivity index (χ4n) is 5.17. The van der Waals surface area contributed by atoms with Crippen molar-refractivity contribution in [2.75, 3.05) is 13.2 Å². The number of hydrogen-bond acceptors (Lipinski definition) is 7. The number of amides is 1. The van der Waals surface area contributed by atoms with Crippen molar-refractivity contribution in [1.29, 1.82) is 0 Å². The van der Waals surface area contributed by atoms with Gasteiger partial charge in [0.25, 0.3) is 0 Å². The Balaban J connectivity index is 1.88. The van der Waals surface area contributed by atoms with E-state index in [1.165, 1.54) is 0 Å². The molecule has 0 fully saturated rings. The summed E-state index contributed by atoms with van der Waals surface area (Å²) in [5, 5.41) is 28.7. The van der Waals surface area contributed by atoms with Crippen LogP contribution < -0.4 is 4.74 Å². The third-order valence-corrected chi connectivity index (χ3v) is 7.62. The Bertz CT molecular complexity index is 1290. The van der Waals surface area contributed by atoms with Crippen LogP contribution in [-0.4, -0.2) is 66.2 Å². The summed E-state index contributed by atoms with van der Waals surface area (Å²) in [4.78, 5) is 16.2. The largest absolute Gasteiger partial charge is 0.474 e. The van der Waals surface area contributed by atoms with Crippen LogP contribution in [0.2, 0.25) is 0 Å². The van der Waals surface area contributed by atoms with Crippen molar-refractivity contribution in [3.63, 3.8) is 0 Å². The third kappa shape index (κ3) is 9.60. The number of H-pyrrole nitrogens is 1. The number of rotatable bonds is 14. The first-order valence-electron chi connectivity index (χ1n) is 14.1. The van der Waals surface area contributed by atoms with Crippen LogP contribution in [0, 0.1) is 20.8 Å². The second-order valence-electron chi connectivity index (χ2n) is 12.2. The molecule has 8 nitrogen and oxygen atoms in total. The van der Waals surface area contributed by atoms with Crippen LogP contribution in [0.15, 0.2) is 47.4 Å². The second kappa shape index (κ2) is 13.9. The van der Waals surface area contributed by atoms with E-state index in [2.05, 4.69) is 36.2 Å². The molecule has 0 unspecified atom stereocenters. The molecule has 4 N–H and O–H groups in total. The average molecular weight is 584 g/mol. The van der Waals surface area contributed by atoms with Gasteiger partial charge in [-0.15, -0.1) is 5.10 Å². The van der Waals surface area contributed by atoms with Crippen LogP contribution in [0.25, 0.3) is 11.3 Å². The number of hydrogen-bond donors (Lipinski definition) is 4. The molecule has 0 saturated carbocycles. The Morgan fingerprint density at radius 3 is 2.32 bits per heavy atom. The molecule has 9 heteroatoms. The highest BCUT2D eigenvalue weighted by molar-refractivity contribution is 7.93. The molecule has 3 rings (SSSR count). The molecule has 0 bridgehead atoms. The number of carbonyl (C=O) groups is 1. The molecule has 41 heavy (non-hydrogen) atoms. The minimum atomic E-state index is -1.06. The zero-order chi connectivity index (χ0) is 30.4. The summed E-state index contributed by atoms with van der Waals surface area (Å²) >= 11 is 0.643. The Kier molecular flexibility index (Phi) is 11.1. The quantitative estimate of drug-likeness (QED) is 0.169. The molecule has 0 aliphatic rings. The number of aryl methyl sites for hydroxylation is 2. The van der Waals surface area contributed by atoms with Gasteiger partial charge in [-0.05, 0) is 96.6 Å². The monoisotopic (exact) mass is 583 g/mol. The molecule has 0 saturated heterocycles. The highest BCUT2D eigenvalue weighted by atomic mass is 32.2. The minimum Gasteiger partial charge on any atom is -0.474 e. The Morgan fingerprint density at radius 1 is 1.05 bits per heavy atom.